The van der Waals surface area contributed by atoms with Crippen LogP contribution in [0, 0.1) is 22.7 Å². The van der Waals surface area contributed by atoms with Crippen LogP contribution < -0.4 is 42.5 Å². The minimum Gasteiger partial charge on any atom is -0.351 e. The van der Waals surface area contributed by atoms with Gasteiger partial charge in [-0.2, -0.15) is 0 Å². The number of carbonyl (C=O) groups is 8. The van der Waals surface area contributed by atoms with E-state index in [9.17, 15) is 38.4 Å². The summed E-state index contributed by atoms with van der Waals surface area (Å²) in [6.07, 6.45) is 7.32. The minimum absolute atomic E-state index is 0.0809. The molecular formula is C58H86N10O8. The molecule has 10 atom stereocenters. The smallest absolute Gasteiger partial charge is 0.246 e. The molecule has 2 aliphatic heterocycles. The normalized spacial score (nSPS) is 26.1. The summed E-state index contributed by atoms with van der Waals surface area (Å²) >= 11 is 0. The van der Waals surface area contributed by atoms with Gasteiger partial charge in [0.25, 0.3) is 0 Å². The highest BCUT2D eigenvalue weighted by atomic mass is 16.2. The van der Waals surface area contributed by atoms with Crippen LogP contribution in [0.4, 0.5) is 0 Å². The van der Waals surface area contributed by atoms with Crippen molar-refractivity contribution in [2.24, 2.45) is 22.7 Å². The molecule has 7 rings (SSSR count). The molecule has 416 valence electrons. The Labute approximate surface area is 449 Å². The van der Waals surface area contributed by atoms with Gasteiger partial charge in [-0.3, -0.25) is 38.4 Å². The van der Waals surface area contributed by atoms with Crippen LogP contribution in [-0.2, 0) is 51.2 Å². The van der Waals surface area contributed by atoms with Crippen molar-refractivity contribution in [3.05, 3.63) is 70.8 Å². The molecule has 2 aromatic carbocycles. The Hall–Kier alpha value is -5.88. The van der Waals surface area contributed by atoms with Crippen molar-refractivity contribution in [1.82, 2.24) is 52.3 Å². The lowest BCUT2D eigenvalue weighted by molar-refractivity contribution is -0.144. The first-order valence-electron chi connectivity index (χ1n) is 27.9. The molecule has 2 heterocycles. The Bertz CT molecular complexity index is 2290. The predicted molar refractivity (Wildman–Crippen MR) is 290 cm³/mol. The third-order valence-corrected chi connectivity index (χ3v) is 16.8. The van der Waals surface area contributed by atoms with Crippen LogP contribution in [0.1, 0.15) is 154 Å². The third kappa shape index (κ3) is 13.6. The average Bonchev–Trinajstić information content (AvgIpc) is 4.03. The van der Waals surface area contributed by atoms with Crippen LogP contribution in [0.2, 0.25) is 0 Å². The maximum atomic E-state index is 14.7. The summed E-state index contributed by atoms with van der Waals surface area (Å²) in [6.45, 7) is 14.8. The van der Waals surface area contributed by atoms with Crippen molar-refractivity contribution < 1.29 is 38.4 Å². The molecule has 3 aliphatic carbocycles. The molecule has 0 radical (unpaired) electrons. The molecule has 8 N–H and O–H groups in total. The van der Waals surface area contributed by atoms with Gasteiger partial charge >= 0.3 is 0 Å². The average molecular weight is 1050 g/mol. The Balaban J connectivity index is 1.01. The Kier molecular flexibility index (Phi) is 18.7. The van der Waals surface area contributed by atoms with Gasteiger partial charge in [-0.05, 0) is 138 Å². The zero-order valence-corrected chi connectivity index (χ0v) is 46.6. The number of rotatable bonds is 16. The molecule has 0 spiro atoms. The largest absolute Gasteiger partial charge is 0.351 e. The number of likely N-dealkylation sites (tertiary alicyclic amines) is 2. The lowest BCUT2D eigenvalue weighted by atomic mass is 9.81. The zero-order chi connectivity index (χ0) is 55.2. The van der Waals surface area contributed by atoms with E-state index in [-0.39, 0.29) is 73.5 Å². The van der Waals surface area contributed by atoms with Gasteiger partial charge in [-0.1, -0.05) is 90.1 Å². The van der Waals surface area contributed by atoms with E-state index < -0.39 is 82.8 Å². The topological polar surface area (TPSA) is 239 Å². The standard InChI is InChI=1S/C58H86N10O8/c1-33(59-9)49(69)65-47(57(3,4)5)55(75)67-31-39(29-45(67)53(73)63-43-23-15-19-35-17-11-13-21-41(35)43)61-51(71)37-25-27-38(28-26-37)52(72)62-40-30-46(54(74)64-44-24-16-20-36-18-12-14-22-42(36)44)68(32-40)56(76)48(58(6,7)8)66-50(70)34(2)60-10/h11-14,17-18,21-22,33-34,37-40,43-48,59-60H,15-16,19-20,23-32H2,1-10H3,(H,61,71)(H,62,72)(H,63,73)(H,64,74)(H,65,69)(H,66,70)/t33-,34-,37?,38?,39-,40-,43+,44+,45-,46-,47+,48+/m0/s1. The van der Waals surface area contributed by atoms with Crippen LogP contribution in [0.15, 0.2) is 48.5 Å². The lowest BCUT2D eigenvalue weighted by Crippen LogP contribution is -2.59. The molecule has 1 saturated carbocycles. The van der Waals surface area contributed by atoms with Crippen LogP contribution in [0.3, 0.4) is 0 Å². The highest BCUT2D eigenvalue weighted by Crippen LogP contribution is 2.35. The first-order valence-corrected chi connectivity index (χ1v) is 27.9. The number of hydrogen-bond acceptors (Lipinski definition) is 10. The van der Waals surface area contributed by atoms with E-state index in [0.717, 1.165) is 49.7 Å². The van der Waals surface area contributed by atoms with Crippen molar-refractivity contribution in [2.45, 2.75) is 193 Å². The van der Waals surface area contributed by atoms with E-state index in [2.05, 4.69) is 54.7 Å². The predicted octanol–water partition coefficient (Wildman–Crippen LogP) is 3.63. The highest BCUT2D eigenvalue weighted by Gasteiger charge is 2.49. The van der Waals surface area contributed by atoms with Gasteiger partial charge in [0.1, 0.15) is 24.2 Å². The maximum absolute atomic E-state index is 14.7. The van der Waals surface area contributed by atoms with Gasteiger partial charge in [-0.15, -0.1) is 0 Å². The van der Waals surface area contributed by atoms with Crippen molar-refractivity contribution in [1.29, 1.82) is 0 Å². The van der Waals surface area contributed by atoms with Crippen molar-refractivity contribution in [3.63, 3.8) is 0 Å². The second-order valence-corrected chi connectivity index (χ2v) is 24.4. The second-order valence-electron chi connectivity index (χ2n) is 24.4. The summed E-state index contributed by atoms with van der Waals surface area (Å²) in [4.78, 5) is 116. The fourth-order valence-corrected chi connectivity index (χ4v) is 11.9. The van der Waals surface area contributed by atoms with Crippen LogP contribution in [-0.4, -0.2) is 133 Å². The molecule has 18 nitrogen and oxygen atoms in total. The first kappa shape index (κ1) is 57.8. The monoisotopic (exact) mass is 1050 g/mol. The summed E-state index contributed by atoms with van der Waals surface area (Å²) in [7, 11) is 3.34. The SMILES string of the molecule is CN[C@@H](C)C(=O)N[C@H](C(=O)N1C[C@@H](NC(=O)C2CCC(C(=O)N[C@H]3C[C@@H](C(=O)N[C@@H]4CCCc5ccccc54)N(C(=O)[C@@H](NC(=O)[C@H](C)NC)C(C)(C)C)C3)CC2)C[C@H]1C(=O)N[C@@H]1CCCc2ccccc21)C(C)(C)C. The van der Waals surface area contributed by atoms with Crippen LogP contribution >= 0.6 is 0 Å². The molecule has 76 heavy (non-hydrogen) atoms. The van der Waals surface area contributed by atoms with Gasteiger partial charge in [0.2, 0.25) is 47.3 Å². The van der Waals surface area contributed by atoms with Gasteiger partial charge in [-0.25, -0.2) is 0 Å². The summed E-state index contributed by atoms with van der Waals surface area (Å²) in [5, 5.41) is 24.6. The van der Waals surface area contributed by atoms with E-state index in [1.54, 1.807) is 27.9 Å². The molecule has 0 aromatic heterocycles. The second kappa shape index (κ2) is 24.6. The molecule has 2 saturated heterocycles. The highest BCUT2D eigenvalue weighted by molar-refractivity contribution is 5.96. The molecule has 0 unspecified atom stereocenters. The van der Waals surface area contributed by atoms with Crippen molar-refractivity contribution >= 4 is 47.3 Å². The fourth-order valence-electron chi connectivity index (χ4n) is 11.9. The number of nitrogens with zero attached hydrogens (tertiary/aromatic N) is 2. The molecule has 0 bridgehead atoms. The number of fused-ring (bicyclic) bond motifs is 2. The number of nitrogens with one attached hydrogen (secondary N) is 8. The van der Waals surface area contributed by atoms with E-state index in [0.29, 0.717) is 25.7 Å². The summed E-state index contributed by atoms with van der Waals surface area (Å²) in [5.74, 6) is -3.31. The van der Waals surface area contributed by atoms with Gasteiger partial charge in [0, 0.05) is 37.0 Å². The Morgan fingerprint density at radius 1 is 0.500 bits per heavy atom. The molecule has 18 heteroatoms. The first-order chi connectivity index (χ1) is 36.0. The minimum atomic E-state index is -0.951. The number of carbonyl (C=O) groups excluding carboxylic acids is 8. The summed E-state index contributed by atoms with van der Waals surface area (Å²) in [6, 6.07) is 9.80. The van der Waals surface area contributed by atoms with E-state index in [1.165, 1.54) is 20.9 Å². The maximum Gasteiger partial charge on any atom is 0.246 e. The third-order valence-electron chi connectivity index (χ3n) is 16.8. The number of hydrogen-bond donors (Lipinski definition) is 8. The van der Waals surface area contributed by atoms with Gasteiger partial charge in [0.05, 0.1) is 24.2 Å². The van der Waals surface area contributed by atoms with E-state index in [1.807, 2.05) is 77.9 Å². The quantitative estimate of drug-likeness (QED) is 0.122. The van der Waals surface area contributed by atoms with Crippen LogP contribution in [0.5, 0.6) is 0 Å². The number of likely N-dealkylation sites (N-methyl/N-ethyl adjacent to an activating group) is 2. The van der Waals surface area contributed by atoms with E-state index >= 15 is 0 Å². The lowest BCUT2D eigenvalue weighted by Gasteiger charge is -2.36. The number of aryl methyl sites for hydroxylation is 2. The summed E-state index contributed by atoms with van der Waals surface area (Å²) in [5.41, 5.74) is 3.08. The Morgan fingerprint density at radius 3 is 1.20 bits per heavy atom. The zero-order valence-electron chi connectivity index (χ0n) is 46.6. The summed E-state index contributed by atoms with van der Waals surface area (Å²) < 4.78 is 0. The fraction of sp³-hybridized carbons (Fsp3) is 0.655. The molecular weight excluding hydrogens is 965 g/mol. The molecule has 5 aliphatic rings. The van der Waals surface area contributed by atoms with Gasteiger partial charge in [0.15, 0.2) is 0 Å². The number of benzene rings is 2. The molecule has 3 fully saturated rings. The Morgan fingerprint density at radius 2 is 0.855 bits per heavy atom. The molecule has 8 amide bonds. The number of amides is 8. The van der Waals surface area contributed by atoms with Crippen LogP contribution in [0.25, 0.3) is 0 Å². The van der Waals surface area contributed by atoms with Crippen molar-refractivity contribution in [2.75, 3.05) is 27.2 Å². The van der Waals surface area contributed by atoms with E-state index in [4.69, 9.17) is 0 Å². The van der Waals surface area contributed by atoms with Crippen molar-refractivity contribution in [3.8, 4) is 0 Å². The molecule has 2 aromatic rings. The van der Waals surface area contributed by atoms with Gasteiger partial charge < -0.3 is 52.3 Å².